The number of carbonyl (C=O) groups is 3. The summed E-state index contributed by atoms with van der Waals surface area (Å²) in [5.74, 6) is -1.24. The molecule has 1 saturated heterocycles. The van der Waals surface area contributed by atoms with E-state index in [1.165, 1.54) is 30.2 Å². The van der Waals surface area contributed by atoms with E-state index in [-0.39, 0.29) is 41.4 Å². The Labute approximate surface area is 195 Å². The summed E-state index contributed by atoms with van der Waals surface area (Å²) in [5, 5.41) is 13.9. The van der Waals surface area contributed by atoms with Gasteiger partial charge >= 0.3 is 0 Å². The first-order valence-corrected chi connectivity index (χ1v) is 11.1. The monoisotopic (exact) mass is 461 g/mol. The fourth-order valence-corrected chi connectivity index (χ4v) is 5.55. The van der Waals surface area contributed by atoms with Crippen molar-refractivity contribution in [2.24, 2.45) is 23.7 Å². The number of hydrogen-bond acceptors (Lipinski definition) is 6. The fraction of sp³-hybridized carbons (Fsp3) is 0.320. The number of nitro benzene ring substituents is 1. The third-order valence-electron chi connectivity index (χ3n) is 7.05. The van der Waals surface area contributed by atoms with Gasteiger partial charge in [-0.2, -0.15) is 0 Å². The average molecular weight is 461 g/mol. The first kappa shape index (κ1) is 21.8. The molecule has 0 aromatic heterocycles. The zero-order chi connectivity index (χ0) is 24.0. The minimum Gasteiger partial charge on any atom is -0.497 e. The lowest BCUT2D eigenvalue weighted by Crippen LogP contribution is -2.38. The molecular weight excluding hydrogens is 438 g/mol. The third-order valence-corrected chi connectivity index (χ3v) is 7.05. The summed E-state index contributed by atoms with van der Waals surface area (Å²) in [7, 11) is 1.51. The molecule has 1 saturated carbocycles. The van der Waals surface area contributed by atoms with Crippen molar-refractivity contribution in [2.45, 2.75) is 18.9 Å². The molecule has 5 rings (SSSR count). The molecule has 1 aliphatic heterocycles. The van der Waals surface area contributed by atoms with Crippen LogP contribution in [0.1, 0.15) is 24.4 Å². The molecule has 3 amide bonds. The lowest BCUT2D eigenvalue weighted by atomic mass is 9.85. The van der Waals surface area contributed by atoms with Crippen LogP contribution in [0.5, 0.6) is 5.75 Å². The maximum absolute atomic E-state index is 13.5. The van der Waals surface area contributed by atoms with Crippen molar-refractivity contribution in [3.63, 3.8) is 0 Å². The molecule has 5 atom stereocenters. The van der Waals surface area contributed by atoms with Crippen molar-refractivity contribution in [1.82, 2.24) is 4.90 Å². The van der Waals surface area contributed by atoms with Gasteiger partial charge in [-0.05, 0) is 42.0 Å². The highest BCUT2D eigenvalue weighted by Gasteiger charge is 2.60. The van der Waals surface area contributed by atoms with Gasteiger partial charge in [0.05, 0.1) is 36.3 Å². The van der Waals surface area contributed by atoms with Crippen molar-refractivity contribution in [1.29, 1.82) is 0 Å². The summed E-state index contributed by atoms with van der Waals surface area (Å²) in [6.07, 6.45) is 4.60. The van der Waals surface area contributed by atoms with E-state index in [2.05, 4.69) is 5.32 Å². The Bertz CT molecular complexity index is 1190. The number of para-hydroxylation sites is 2. The van der Waals surface area contributed by atoms with Crippen LogP contribution in [0.2, 0.25) is 0 Å². The number of likely N-dealkylation sites (tertiary alicyclic amines) is 1. The molecule has 0 spiro atoms. The molecule has 34 heavy (non-hydrogen) atoms. The molecule has 2 bridgehead atoms. The van der Waals surface area contributed by atoms with E-state index in [9.17, 15) is 24.5 Å². The van der Waals surface area contributed by atoms with Gasteiger partial charge in [-0.3, -0.25) is 29.4 Å². The molecule has 2 aromatic carbocycles. The number of benzene rings is 2. The van der Waals surface area contributed by atoms with Crippen LogP contribution in [0.15, 0.2) is 60.7 Å². The number of ether oxygens (including phenoxy) is 1. The van der Waals surface area contributed by atoms with Crippen molar-refractivity contribution in [3.8, 4) is 5.75 Å². The highest BCUT2D eigenvalue weighted by molar-refractivity contribution is 6.07. The number of nitro groups is 1. The summed E-state index contributed by atoms with van der Waals surface area (Å²) in [6.45, 7) is 0. The minimum atomic E-state index is -0.858. The Balaban J connectivity index is 1.46. The molecule has 5 unspecified atom stereocenters. The third kappa shape index (κ3) is 3.53. The minimum absolute atomic E-state index is 0.0446. The maximum atomic E-state index is 13.5. The van der Waals surface area contributed by atoms with Crippen LogP contribution in [-0.2, 0) is 14.4 Å². The second-order valence-corrected chi connectivity index (χ2v) is 8.87. The number of anilines is 1. The van der Waals surface area contributed by atoms with Gasteiger partial charge in [-0.25, -0.2) is 0 Å². The molecule has 1 heterocycles. The molecule has 0 radical (unpaired) electrons. The standard InChI is InChI=1S/C25H23N3O6/c1-34-17-6-4-5-14(12-17)20(13-21(29)26-18-7-2-3-8-19(18)28(32)33)27-24(30)22-15-9-10-16(11-15)23(22)25(27)31/h2-10,12,15-16,20,22-23H,11,13H2,1H3,(H,26,29). The first-order valence-electron chi connectivity index (χ1n) is 11.1. The van der Waals surface area contributed by atoms with Crippen LogP contribution < -0.4 is 10.1 Å². The number of allylic oxidation sites excluding steroid dienone is 2. The van der Waals surface area contributed by atoms with Gasteiger partial charge in [0.15, 0.2) is 0 Å². The largest absolute Gasteiger partial charge is 0.497 e. The lowest BCUT2D eigenvalue weighted by molar-refractivity contribution is -0.383. The predicted molar refractivity (Wildman–Crippen MR) is 122 cm³/mol. The lowest BCUT2D eigenvalue weighted by Gasteiger charge is -2.28. The van der Waals surface area contributed by atoms with Crippen LogP contribution in [0, 0.1) is 33.8 Å². The van der Waals surface area contributed by atoms with Crippen molar-refractivity contribution in [2.75, 3.05) is 12.4 Å². The Morgan fingerprint density at radius 3 is 2.44 bits per heavy atom. The van der Waals surface area contributed by atoms with Crippen molar-refractivity contribution >= 4 is 29.1 Å². The maximum Gasteiger partial charge on any atom is 0.292 e. The van der Waals surface area contributed by atoms with Gasteiger partial charge in [-0.15, -0.1) is 0 Å². The summed E-state index contributed by atoms with van der Waals surface area (Å²) >= 11 is 0. The number of methoxy groups -OCH3 is 1. The fourth-order valence-electron chi connectivity index (χ4n) is 5.55. The number of fused-ring (bicyclic) bond motifs is 5. The molecule has 2 aliphatic carbocycles. The summed E-state index contributed by atoms with van der Waals surface area (Å²) < 4.78 is 5.31. The zero-order valence-corrected chi connectivity index (χ0v) is 18.4. The Morgan fingerprint density at radius 2 is 1.79 bits per heavy atom. The number of hydrogen-bond donors (Lipinski definition) is 1. The summed E-state index contributed by atoms with van der Waals surface area (Å²) in [4.78, 5) is 52.0. The van der Waals surface area contributed by atoms with E-state index in [0.717, 1.165) is 6.42 Å². The Hall–Kier alpha value is -4.01. The van der Waals surface area contributed by atoms with Crippen LogP contribution >= 0.6 is 0 Å². The zero-order valence-electron chi connectivity index (χ0n) is 18.4. The number of nitrogens with one attached hydrogen (secondary N) is 1. The molecule has 9 nitrogen and oxygen atoms in total. The molecule has 1 N–H and O–H groups in total. The normalized spacial score (nSPS) is 25.4. The van der Waals surface area contributed by atoms with Crippen LogP contribution in [0.3, 0.4) is 0 Å². The van der Waals surface area contributed by atoms with Gasteiger partial charge < -0.3 is 10.1 Å². The van der Waals surface area contributed by atoms with Crippen LogP contribution in [-0.4, -0.2) is 34.7 Å². The van der Waals surface area contributed by atoms with E-state index < -0.39 is 28.7 Å². The van der Waals surface area contributed by atoms with E-state index in [1.54, 1.807) is 30.3 Å². The molecule has 2 fully saturated rings. The highest BCUT2D eigenvalue weighted by atomic mass is 16.6. The number of nitrogens with zero attached hydrogens (tertiary/aromatic N) is 2. The van der Waals surface area contributed by atoms with Gasteiger partial charge in [0.1, 0.15) is 11.4 Å². The summed E-state index contributed by atoms with van der Waals surface area (Å²) in [5.41, 5.74) is 0.401. The average Bonchev–Trinajstić information content (AvgIpc) is 3.52. The van der Waals surface area contributed by atoms with Crippen molar-refractivity contribution < 1.29 is 24.0 Å². The number of amides is 3. The van der Waals surface area contributed by atoms with Gasteiger partial charge in [0.25, 0.3) is 5.69 Å². The van der Waals surface area contributed by atoms with Gasteiger partial charge in [0, 0.05) is 6.07 Å². The molecule has 3 aliphatic rings. The second kappa shape index (κ2) is 8.40. The Morgan fingerprint density at radius 1 is 1.12 bits per heavy atom. The van der Waals surface area contributed by atoms with Gasteiger partial charge in [-0.1, -0.05) is 36.4 Å². The molecule has 2 aromatic rings. The van der Waals surface area contributed by atoms with Crippen LogP contribution in [0.25, 0.3) is 0 Å². The SMILES string of the molecule is COc1cccc(C(CC(=O)Nc2ccccc2[N+](=O)[O-])N2C(=O)C3C4C=CC(C4)C3C2=O)c1. The van der Waals surface area contributed by atoms with Crippen LogP contribution in [0.4, 0.5) is 11.4 Å². The van der Waals surface area contributed by atoms with Gasteiger partial charge in [0.2, 0.25) is 17.7 Å². The number of carbonyl (C=O) groups excluding carboxylic acids is 3. The Kier molecular flexibility index (Phi) is 5.39. The molecule has 9 heteroatoms. The number of rotatable bonds is 7. The number of imide groups is 1. The predicted octanol–water partition coefficient (Wildman–Crippen LogP) is 3.48. The quantitative estimate of drug-likeness (QED) is 0.292. The van der Waals surface area contributed by atoms with E-state index in [4.69, 9.17) is 4.74 Å². The van der Waals surface area contributed by atoms with E-state index in [0.29, 0.717) is 11.3 Å². The van der Waals surface area contributed by atoms with E-state index in [1.807, 2.05) is 12.2 Å². The smallest absolute Gasteiger partial charge is 0.292 e. The molecular formula is C25H23N3O6. The van der Waals surface area contributed by atoms with Crippen molar-refractivity contribution in [3.05, 3.63) is 76.4 Å². The summed E-state index contributed by atoms with van der Waals surface area (Å²) in [6, 6.07) is 11.9. The highest BCUT2D eigenvalue weighted by Crippen LogP contribution is 2.54. The molecule has 174 valence electrons. The first-order chi connectivity index (χ1) is 16.4. The topological polar surface area (TPSA) is 119 Å². The van der Waals surface area contributed by atoms with E-state index >= 15 is 0 Å². The second-order valence-electron chi connectivity index (χ2n) is 8.87.